The average Bonchev–Trinajstić information content (AvgIpc) is 3.00. The van der Waals surface area contributed by atoms with Gasteiger partial charge in [0.2, 0.25) is 5.91 Å². The van der Waals surface area contributed by atoms with Gasteiger partial charge in [-0.1, -0.05) is 29.8 Å². The summed E-state index contributed by atoms with van der Waals surface area (Å²) in [5, 5.41) is 16.4. The molecule has 0 saturated carbocycles. The molecule has 7 heteroatoms. The van der Waals surface area contributed by atoms with E-state index in [9.17, 15) is 9.90 Å². The largest absolute Gasteiger partial charge is 0.392 e. The van der Waals surface area contributed by atoms with Crippen molar-refractivity contribution in [2.45, 2.75) is 36.8 Å². The van der Waals surface area contributed by atoms with E-state index in [0.29, 0.717) is 32.7 Å². The third-order valence-corrected chi connectivity index (χ3v) is 5.25. The lowest BCUT2D eigenvalue weighted by Gasteiger charge is -2.38. The predicted octanol–water partition coefficient (Wildman–Crippen LogP) is 1.65. The number of amides is 1. The molecule has 3 rings (SSSR count). The maximum Gasteiger partial charge on any atom is 0.237 e. The van der Waals surface area contributed by atoms with Crippen LogP contribution in [0.1, 0.15) is 24.8 Å². The van der Waals surface area contributed by atoms with Crippen LogP contribution >= 0.6 is 24.0 Å². The van der Waals surface area contributed by atoms with Gasteiger partial charge in [-0.05, 0) is 30.9 Å². The number of carbonyl (C=O) groups is 1. The number of halogens is 2. The zero-order chi connectivity index (χ0) is 16.3. The molecular formula is C17H24Cl2N2O3. The number of aliphatic hydroxyl groups is 1. The summed E-state index contributed by atoms with van der Waals surface area (Å²) in [7, 11) is 0. The summed E-state index contributed by atoms with van der Waals surface area (Å²) in [5.74, 6) is -0.0560. The van der Waals surface area contributed by atoms with E-state index >= 15 is 0 Å². The van der Waals surface area contributed by atoms with Gasteiger partial charge in [-0.25, -0.2) is 0 Å². The zero-order valence-electron chi connectivity index (χ0n) is 13.5. The van der Waals surface area contributed by atoms with Gasteiger partial charge in [-0.2, -0.15) is 0 Å². The van der Waals surface area contributed by atoms with Gasteiger partial charge < -0.3 is 20.5 Å². The molecule has 0 bridgehead atoms. The van der Waals surface area contributed by atoms with Crippen LogP contribution in [0.15, 0.2) is 24.3 Å². The lowest BCUT2D eigenvalue weighted by atomic mass is 9.74. The summed E-state index contributed by atoms with van der Waals surface area (Å²) in [6, 6.07) is 7.52. The molecule has 1 aromatic rings. The predicted molar refractivity (Wildman–Crippen MR) is 95.9 cm³/mol. The molecule has 2 saturated heterocycles. The summed E-state index contributed by atoms with van der Waals surface area (Å²) < 4.78 is 5.51. The number of aliphatic hydroxyl groups excluding tert-OH is 1. The Morgan fingerprint density at radius 3 is 2.71 bits per heavy atom. The van der Waals surface area contributed by atoms with E-state index in [2.05, 4.69) is 10.6 Å². The Morgan fingerprint density at radius 2 is 2.08 bits per heavy atom. The Kier molecular flexibility index (Phi) is 6.89. The molecule has 0 aliphatic carbocycles. The Morgan fingerprint density at radius 1 is 1.38 bits per heavy atom. The quantitative estimate of drug-likeness (QED) is 0.749. The van der Waals surface area contributed by atoms with Crippen molar-refractivity contribution in [1.82, 2.24) is 10.6 Å². The van der Waals surface area contributed by atoms with Gasteiger partial charge in [-0.3, -0.25) is 4.79 Å². The van der Waals surface area contributed by atoms with Crippen LogP contribution in [0.25, 0.3) is 0 Å². The molecule has 134 valence electrons. The summed E-state index contributed by atoms with van der Waals surface area (Å²) in [5.41, 5.74) is 0.883. The lowest BCUT2D eigenvalue weighted by Crippen LogP contribution is -2.48. The fourth-order valence-electron chi connectivity index (χ4n) is 3.49. The second-order valence-corrected chi connectivity index (χ2v) is 6.85. The van der Waals surface area contributed by atoms with Crippen molar-refractivity contribution in [3.63, 3.8) is 0 Å². The third kappa shape index (κ3) is 4.21. The lowest BCUT2D eigenvalue weighted by molar-refractivity contribution is -0.123. The highest BCUT2D eigenvalue weighted by molar-refractivity contribution is 6.31. The fourth-order valence-corrected chi connectivity index (χ4v) is 3.83. The highest BCUT2D eigenvalue weighted by atomic mass is 35.5. The first-order valence-electron chi connectivity index (χ1n) is 8.13. The molecule has 1 aromatic carbocycles. The van der Waals surface area contributed by atoms with Crippen LogP contribution < -0.4 is 10.6 Å². The van der Waals surface area contributed by atoms with E-state index in [0.717, 1.165) is 23.4 Å². The highest BCUT2D eigenvalue weighted by Crippen LogP contribution is 2.38. The molecule has 2 unspecified atom stereocenters. The highest BCUT2D eigenvalue weighted by Gasteiger charge is 2.37. The number of carbonyl (C=O) groups excluding carboxylic acids is 1. The monoisotopic (exact) mass is 374 g/mol. The third-order valence-electron chi connectivity index (χ3n) is 4.92. The van der Waals surface area contributed by atoms with Gasteiger partial charge in [0.1, 0.15) is 0 Å². The minimum absolute atomic E-state index is 0. The normalized spacial score (nSPS) is 25.8. The number of β-amino-alcohol motifs (C(OH)–C–C–N with tert-alkyl or cyclic N) is 1. The topological polar surface area (TPSA) is 70.6 Å². The van der Waals surface area contributed by atoms with Gasteiger partial charge in [0.25, 0.3) is 0 Å². The van der Waals surface area contributed by atoms with Gasteiger partial charge in [0, 0.05) is 36.7 Å². The SMILES string of the molecule is Cl.O=C(NCC1(c2ccccc2Cl)CCOCC1)C1CC(O)CN1. The second-order valence-electron chi connectivity index (χ2n) is 6.44. The summed E-state index contributed by atoms with van der Waals surface area (Å²) in [6.07, 6.45) is 1.69. The molecule has 2 fully saturated rings. The number of benzene rings is 1. The van der Waals surface area contributed by atoms with Crippen molar-refractivity contribution >= 4 is 29.9 Å². The van der Waals surface area contributed by atoms with Gasteiger partial charge in [0.05, 0.1) is 12.1 Å². The molecule has 3 N–H and O–H groups in total. The number of hydrogen-bond donors (Lipinski definition) is 3. The van der Waals surface area contributed by atoms with Gasteiger partial charge >= 0.3 is 0 Å². The number of ether oxygens (including phenoxy) is 1. The van der Waals surface area contributed by atoms with Crippen LogP contribution in [0.4, 0.5) is 0 Å². The Labute approximate surface area is 153 Å². The molecule has 1 amide bonds. The van der Waals surface area contributed by atoms with Crippen molar-refractivity contribution in [1.29, 1.82) is 0 Å². The molecule has 0 aromatic heterocycles. The molecule has 2 atom stereocenters. The maximum atomic E-state index is 12.3. The van der Waals surface area contributed by atoms with Gasteiger partial charge in [0.15, 0.2) is 0 Å². The van der Waals surface area contributed by atoms with Crippen LogP contribution in [0.3, 0.4) is 0 Å². The minimum Gasteiger partial charge on any atom is -0.392 e. The smallest absolute Gasteiger partial charge is 0.237 e. The molecule has 2 heterocycles. The number of nitrogens with one attached hydrogen (secondary N) is 2. The molecule has 2 aliphatic heterocycles. The molecule has 0 radical (unpaired) electrons. The fraction of sp³-hybridized carbons (Fsp3) is 0.588. The van der Waals surface area contributed by atoms with E-state index in [-0.39, 0.29) is 29.8 Å². The Hall–Kier alpha value is -0.850. The van der Waals surface area contributed by atoms with Crippen molar-refractivity contribution in [3.05, 3.63) is 34.9 Å². The minimum atomic E-state index is -0.439. The second kappa shape index (κ2) is 8.50. The molecular weight excluding hydrogens is 351 g/mol. The first kappa shape index (κ1) is 19.5. The van der Waals surface area contributed by atoms with Crippen molar-refractivity contribution < 1.29 is 14.6 Å². The average molecular weight is 375 g/mol. The Bertz CT molecular complexity index is 565. The standard InChI is InChI=1S/C17H23ClN2O3.ClH/c18-14-4-2-1-3-13(14)17(5-7-23-8-6-17)11-20-16(22)15-9-12(21)10-19-15;/h1-4,12,15,19,21H,5-11H2,(H,20,22);1H. The maximum absolute atomic E-state index is 12.3. The van der Waals surface area contributed by atoms with Crippen molar-refractivity contribution in [3.8, 4) is 0 Å². The Balaban J connectivity index is 0.00000208. The van der Waals surface area contributed by atoms with E-state index in [1.54, 1.807) is 0 Å². The van der Waals surface area contributed by atoms with Crippen molar-refractivity contribution in [2.24, 2.45) is 0 Å². The van der Waals surface area contributed by atoms with Crippen LogP contribution in [0.5, 0.6) is 0 Å². The van der Waals surface area contributed by atoms with E-state index < -0.39 is 6.10 Å². The van der Waals surface area contributed by atoms with Gasteiger partial charge in [-0.15, -0.1) is 12.4 Å². The van der Waals surface area contributed by atoms with E-state index in [4.69, 9.17) is 16.3 Å². The molecule has 24 heavy (non-hydrogen) atoms. The van der Waals surface area contributed by atoms with Crippen LogP contribution in [-0.4, -0.2) is 49.5 Å². The van der Waals surface area contributed by atoms with Crippen LogP contribution in [-0.2, 0) is 14.9 Å². The van der Waals surface area contributed by atoms with E-state index in [1.807, 2.05) is 24.3 Å². The van der Waals surface area contributed by atoms with Crippen molar-refractivity contribution in [2.75, 3.05) is 26.3 Å². The van der Waals surface area contributed by atoms with E-state index in [1.165, 1.54) is 0 Å². The first-order valence-corrected chi connectivity index (χ1v) is 8.50. The summed E-state index contributed by atoms with van der Waals surface area (Å²) in [4.78, 5) is 12.3. The summed E-state index contributed by atoms with van der Waals surface area (Å²) in [6.45, 7) is 2.34. The number of hydrogen-bond acceptors (Lipinski definition) is 4. The first-order chi connectivity index (χ1) is 11.1. The molecule has 2 aliphatic rings. The van der Waals surface area contributed by atoms with Crippen LogP contribution in [0, 0.1) is 0 Å². The summed E-state index contributed by atoms with van der Waals surface area (Å²) >= 11 is 6.41. The molecule has 0 spiro atoms. The molecule has 5 nitrogen and oxygen atoms in total. The zero-order valence-corrected chi connectivity index (χ0v) is 15.0. The number of rotatable bonds is 4. The van der Waals surface area contributed by atoms with Crippen LogP contribution in [0.2, 0.25) is 5.02 Å².